The van der Waals surface area contributed by atoms with Gasteiger partial charge in [0.2, 0.25) is 11.8 Å². The molecular formula is C23H24ClN3O2. The first-order valence-electron chi connectivity index (χ1n) is 9.92. The van der Waals surface area contributed by atoms with Crippen molar-refractivity contribution in [1.29, 1.82) is 5.41 Å². The minimum atomic E-state index is -0.679. The van der Waals surface area contributed by atoms with Gasteiger partial charge in [-0.1, -0.05) is 48.0 Å². The molecule has 0 bridgehead atoms. The zero-order valence-corrected chi connectivity index (χ0v) is 17.1. The van der Waals surface area contributed by atoms with Crippen LogP contribution < -0.4 is 5.32 Å². The number of benzene rings is 2. The van der Waals surface area contributed by atoms with E-state index in [1.54, 1.807) is 4.90 Å². The van der Waals surface area contributed by atoms with Crippen molar-refractivity contribution >= 4 is 29.3 Å². The molecule has 0 radical (unpaired) electrons. The van der Waals surface area contributed by atoms with Crippen molar-refractivity contribution in [3.63, 3.8) is 0 Å². The molecule has 2 amide bonds. The molecule has 1 heterocycles. The minimum absolute atomic E-state index is 0.0152. The SMILES string of the molecule is CC(=O)NCCN1C(=N)CC(c2cccc(-c3cccc(Cl)c3)c2)(C2CC2)C1=O. The summed E-state index contributed by atoms with van der Waals surface area (Å²) < 4.78 is 0. The lowest BCUT2D eigenvalue weighted by Gasteiger charge is -2.28. The molecule has 29 heavy (non-hydrogen) atoms. The molecule has 2 aliphatic rings. The summed E-state index contributed by atoms with van der Waals surface area (Å²) in [5.41, 5.74) is 2.31. The second-order valence-corrected chi connectivity index (χ2v) is 8.34. The van der Waals surface area contributed by atoms with Gasteiger partial charge in [-0.05, 0) is 47.6 Å². The van der Waals surface area contributed by atoms with Crippen LogP contribution in [0.2, 0.25) is 5.02 Å². The molecule has 6 heteroatoms. The van der Waals surface area contributed by atoms with Gasteiger partial charge in [0.05, 0.1) is 5.41 Å². The molecule has 1 unspecified atom stereocenters. The summed E-state index contributed by atoms with van der Waals surface area (Å²) in [6.07, 6.45) is 2.41. The lowest BCUT2D eigenvalue weighted by atomic mass is 9.74. The molecule has 0 aromatic heterocycles. The molecule has 150 valence electrons. The van der Waals surface area contributed by atoms with Gasteiger partial charge in [-0.2, -0.15) is 0 Å². The number of carbonyl (C=O) groups is 2. The lowest BCUT2D eigenvalue weighted by Crippen LogP contribution is -2.43. The van der Waals surface area contributed by atoms with Crippen LogP contribution in [0, 0.1) is 11.3 Å². The molecule has 2 fully saturated rings. The van der Waals surface area contributed by atoms with E-state index in [0.717, 1.165) is 29.5 Å². The standard InChI is InChI=1S/C23H24ClN3O2/c1-15(28)26-10-11-27-21(25)14-23(22(27)29,18-8-9-18)19-6-2-4-16(12-19)17-5-3-7-20(24)13-17/h2-7,12-13,18,25H,8-11,14H2,1H3,(H,26,28). The summed E-state index contributed by atoms with van der Waals surface area (Å²) in [6, 6.07) is 15.8. The Morgan fingerprint density at radius 1 is 1.21 bits per heavy atom. The number of hydrogen-bond acceptors (Lipinski definition) is 3. The molecule has 2 aromatic rings. The van der Waals surface area contributed by atoms with E-state index in [0.29, 0.717) is 30.4 Å². The fourth-order valence-corrected chi connectivity index (χ4v) is 4.57. The Morgan fingerprint density at radius 2 is 1.90 bits per heavy atom. The van der Waals surface area contributed by atoms with Gasteiger partial charge in [0, 0.05) is 31.5 Å². The van der Waals surface area contributed by atoms with Crippen molar-refractivity contribution in [1.82, 2.24) is 10.2 Å². The van der Waals surface area contributed by atoms with E-state index < -0.39 is 5.41 Å². The first kappa shape index (κ1) is 19.6. The van der Waals surface area contributed by atoms with Gasteiger partial charge < -0.3 is 5.32 Å². The van der Waals surface area contributed by atoms with Gasteiger partial charge in [0.1, 0.15) is 5.84 Å². The van der Waals surface area contributed by atoms with Crippen LogP contribution in [0.4, 0.5) is 0 Å². The molecule has 1 saturated carbocycles. The van der Waals surface area contributed by atoms with E-state index in [1.165, 1.54) is 6.92 Å². The number of rotatable bonds is 6. The fourth-order valence-electron chi connectivity index (χ4n) is 4.38. The third kappa shape index (κ3) is 3.67. The van der Waals surface area contributed by atoms with Crippen LogP contribution in [0.15, 0.2) is 48.5 Å². The molecule has 0 spiro atoms. The third-order valence-electron chi connectivity index (χ3n) is 5.92. The predicted molar refractivity (Wildman–Crippen MR) is 114 cm³/mol. The first-order valence-corrected chi connectivity index (χ1v) is 10.3. The van der Waals surface area contributed by atoms with Crippen molar-refractivity contribution in [3.8, 4) is 11.1 Å². The molecule has 5 nitrogen and oxygen atoms in total. The Hall–Kier alpha value is -2.66. The number of carbonyl (C=O) groups excluding carboxylic acids is 2. The maximum absolute atomic E-state index is 13.5. The summed E-state index contributed by atoms with van der Waals surface area (Å²) >= 11 is 6.16. The van der Waals surface area contributed by atoms with Crippen LogP contribution in [0.25, 0.3) is 11.1 Å². The topological polar surface area (TPSA) is 73.3 Å². The normalized spacial score (nSPS) is 21.5. The molecule has 1 saturated heterocycles. The second-order valence-electron chi connectivity index (χ2n) is 7.90. The van der Waals surface area contributed by atoms with Crippen molar-refractivity contribution in [2.75, 3.05) is 13.1 Å². The quantitative estimate of drug-likeness (QED) is 0.756. The number of hydrogen-bond donors (Lipinski definition) is 2. The maximum Gasteiger partial charge on any atom is 0.239 e. The second kappa shape index (κ2) is 7.64. The van der Waals surface area contributed by atoms with Gasteiger partial charge in [0.25, 0.3) is 0 Å². The summed E-state index contributed by atoms with van der Waals surface area (Å²) in [6.45, 7) is 2.14. The third-order valence-corrected chi connectivity index (χ3v) is 6.15. The van der Waals surface area contributed by atoms with Crippen LogP contribution in [0.5, 0.6) is 0 Å². The summed E-state index contributed by atoms with van der Waals surface area (Å²) in [4.78, 5) is 26.3. The molecule has 4 rings (SSSR count). The smallest absolute Gasteiger partial charge is 0.239 e. The van der Waals surface area contributed by atoms with E-state index >= 15 is 0 Å². The highest BCUT2D eigenvalue weighted by Crippen LogP contribution is 2.53. The van der Waals surface area contributed by atoms with Gasteiger partial charge in [0.15, 0.2) is 0 Å². The van der Waals surface area contributed by atoms with Gasteiger partial charge in [-0.3, -0.25) is 19.9 Å². The minimum Gasteiger partial charge on any atom is -0.355 e. The lowest BCUT2D eigenvalue weighted by molar-refractivity contribution is -0.132. The zero-order chi connectivity index (χ0) is 20.6. The maximum atomic E-state index is 13.5. The van der Waals surface area contributed by atoms with Crippen LogP contribution in [-0.2, 0) is 15.0 Å². The predicted octanol–water partition coefficient (Wildman–Crippen LogP) is 4.00. The van der Waals surface area contributed by atoms with Crippen molar-refractivity contribution in [2.45, 2.75) is 31.6 Å². The number of nitrogens with zero attached hydrogens (tertiary/aromatic N) is 1. The number of halogens is 1. The van der Waals surface area contributed by atoms with E-state index in [1.807, 2.05) is 42.5 Å². The molecular weight excluding hydrogens is 386 g/mol. The van der Waals surface area contributed by atoms with Gasteiger partial charge in [-0.15, -0.1) is 0 Å². The van der Waals surface area contributed by atoms with E-state index in [9.17, 15) is 9.59 Å². The van der Waals surface area contributed by atoms with Crippen molar-refractivity contribution in [2.24, 2.45) is 5.92 Å². The van der Waals surface area contributed by atoms with Crippen LogP contribution in [0.3, 0.4) is 0 Å². The Kier molecular flexibility index (Phi) is 5.17. The monoisotopic (exact) mass is 409 g/mol. The highest BCUT2D eigenvalue weighted by molar-refractivity contribution is 6.30. The Balaban J connectivity index is 1.68. The number of likely N-dealkylation sites (tertiary alicyclic amines) is 1. The summed E-state index contributed by atoms with van der Waals surface area (Å²) in [5.74, 6) is 0.445. The van der Waals surface area contributed by atoms with Crippen molar-refractivity contribution < 1.29 is 9.59 Å². The summed E-state index contributed by atoms with van der Waals surface area (Å²) in [5, 5.41) is 11.9. The zero-order valence-electron chi connectivity index (χ0n) is 16.4. The molecule has 2 aromatic carbocycles. The van der Waals surface area contributed by atoms with Crippen LogP contribution in [0.1, 0.15) is 31.7 Å². The van der Waals surface area contributed by atoms with Crippen LogP contribution >= 0.6 is 11.6 Å². The molecule has 1 aliphatic carbocycles. The average molecular weight is 410 g/mol. The molecule has 2 N–H and O–H groups in total. The number of amidine groups is 1. The van der Waals surface area contributed by atoms with E-state index in [2.05, 4.69) is 11.4 Å². The average Bonchev–Trinajstić information content (AvgIpc) is 3.51. The van der Waals surface area contributed by atoms with Crippen molar-refractivity contribution in [3.05, 3.63) is 59.1 Å². The Morgan fingerprint density at radius 3 is 2.55 bits per heavy atom. The number of amides is 2. The largest absolute Gasteiger partial charge is 0.355 e. The van der Waals surface area contributed by atoms with E-state index in [-0.39, 0.29) is 17.7 Å². The Bertz CT molecular complexity index is 986. The molecule has 1 atom stereocenters. The van der Waals surface area contributed by atoms with Gasteiger partial charge >= 0.3 is 0 Å². The van der Waals surface area contributed by atoms with E-state index in [4.69, 9.17) is 17.0 Å². The van der Waals surface area contributed by atoms with Crippen LogP contribution in [-0.4, -0.2) is 35.6 Å². The highest BCUT2D eigenvalue weighted by Gasteiger charge is 2.58. The fraction of sp³-hybridized carbons (Fsp3) is 0.348. The number of nitrogens with one attached hydrogen (secondary N) is 2. The Labute approximate surface area is 175 Å². The molecule has 1 aliphatic heterocycles. The summed E-state index contributed by atoms with van der Waals surface area (Å²) in [7, 11) is 0. The van der Waals surface area contributed by atoms with Gasteiger partial charge in [-0.25, -0.2) is 0 Å². The highest BCUT2D eigenvalue weighted by atomic mass is 35.5. The first-order chi connectivity index (χ1) is 13.9.